The SMILES string of the molecule is COc1ccc(C(=O)OCC(=O)N(C)C(C)C)cc1S(=O)(=O)Nc1ccc(C)cc1. The molecule has 8 nitrogen and oxygen atoms in total. The van der Waals surface area contributed by atoms with Crippen molar-refractivity contribution in [3.05, 3.63) is 53.6 Å². The monoisotopic (exact) mass is 434 g/mol. The fraction of sp³-hybridized carbons (Fsp3) is 0.333. The minimum atomic E-state index is -4.04. The number of rotatable bonds is 8. The molecule has 0 bridgehead atoms. The molecule has 2 rings (SSSR count). The normalized spacial score (nSPS) is 11.1. The molecule has 0 aromatic heterocycles. The minimum Gasteiger partial charge on any atom is -0.495 e. The third-order valence-electron chi connectivity index (χ3n) is 4.49. The van der Waals surface area contributed by atoms with Gasteiger partial charge in [-0.1, -0.05) is 17.7 Å². The summed E-state index contributed by atoms with van der Waals surface area (Å²) >= 11 is 0. The molecule has 0 aliphatic carbocycles. The topological polar surface area (TPSA) is 102 Å². The van der Waals surface area contributed by atoms with Crippen LogP contribution in [0, 0.1) is 6.92 Å². The van der Waals surface area contributed by atoms with Gasteiger partial charge in [-0.3, -0.25) is 9.52 Å². The maximum atomic E-state index is 12.9. The van der Waals surface area contributed by atoms with Crippen LogP contribution in [0.25, 0.3) is 0 Å². The van der Waals surface area contributed by atoms with E-state index in [0.29, 0.717) is 5.69 Å². The van der Waals surface area contributed by atoms with E-state index in [1.54, 1.807) is 31.3 Å². The van der Waals surface area contributed by atoms with E-state index in [1.165, 1.54) is 24.1 Å². The van der Waals surface area contributed by atoms with E-state index >= 15 is 0 Å². The van der Waals surface area contributed by atoms with Gasteiger partial charge in [-0.2, -0.15) is 0 Å². The van der Waals surface area contributed by atoms with E-state index in [0.717, 1.165) is 11.6 Å². The summed E-state index contributed by atoms with van der Waals surface area (Å²) in [5, 5.41) is 0. The van der Waals surface area contributed by atoms with E-state index in [9.17, 15) is 18.0 Å². The highest BCUT2D eigenvalue weighted by molar-refractivity contribution is 7.92. The van der Waals surface area contributed by atoms with Crippen molar-refractivity contribution in [2.24, 2.45) is 0 Å². The summed E-state index contributed by atoms with van der Waals surface area (Å²) in [6, 6.07) is 10.7. The Kier molecular flexibility index (Phi) is 7.44. The average Bonchev–Trinajstić information content (AvgIpc) is 2.72. The Morgan fingerprint density at radius 2 is 1.73 bits per heavy atom. The van der Waals surface area contributed by atoms with E-state index in [4.69, 9.17) is 9.47 Å². The summed E-state index contributed by atoms with van der Waals surface area (Å²) in [5.74, 6) is -1.10. The smallest absolute Gasteiger partial charge is 0.338 e. The number of ether oxygens (including phenoxy) is 2. The van der Waals surface area contributed by atoms with Crippen molar-refractivity contribution >= 4 is 27.6 Å². The molecule has 1 N–H and O–H groups in total. The van der Waals surface area contributed by atoms with Gasteiger partial charge in [-0.05, 0) is 51.1 Å². The van der Waals surface area contributed by atoms with Crippen LogP contribution in [-0.4, -0.2) is 52.0 Å². The van der Waals surface area contributed by atoms with Crippen LogP contribution in [0.3, 0.4) is 0 Å². The second kappa shape index (κ2) is 9.62. The number of hydrogen-bond donors (Lipinski definition) is 1. The lowest BCUT2D eigenvalue weighted by Crippen LogP contribution is -2.36. The Bertz CT molecular complexity index is 1020. The van der Waals surface area contributed by atoms with Gasteiger partial charge >= 0.3 is 5.97 Å². The maximum absolute atomic E-state index is 12.9. The zero-order valence-electron chi connectivity index (χ0n) is 17.6. The number of benzene rings is 2. The van der Waals surface area contributed by atoms with E-state index in [2.05, 4.69) is 4.72 Å². The first-order valence-corrected chi connectivity index (χ1v) is 10.7. The van der Waals surface area contributed by atoms with Crippen molar-refractivity contribution in [1.82, 2.24) is 4.90 Å². The van der Waals surface area contributed by atoms with Crippen LogP contribution in [0.4, 0.5) is 5.69 Å². The van der Waals surface area contributed by atoms with E-state index in [1.807, 2.05) is 20.8 Å². The molecule has 2 aromatic rings. The molecule has 30 heavy (non-hydrogen) atoms. The summed E-state index contributed by atoms with van der Waals surface area (Å²) in [6.07, 6.45) is 0. The Hall–Kier alpha value is -3.07. The van der Waals surface area contributed by atoms with Crippen LogP contribution in [-0.2, 0) is 19.6 Å². The number of carbonyl (C=O) groups excluding carboxylic acids is 2. The number of hydrogen-bond acceptors (Lipinski definition) is 6. The van der Waals surface area contributed by atoms with E-state index < -0.39 is 22.6 Å². The van der Waals surface area contributed by atoms with Crippen LogP contribution >= 0.6 is 0 Å². The lowest BCUT2D eigenvalue weighted by atomic mass is 10.2. The number of anilines is 1. The fourth-order valence-electron chi connectivity index (χ4n) is 2.45. The zero-order chi connectivity index (χ0) is 22.5. The Morgan fingerprint density at radius 3 is 2.30 bits per heavy atom. The minimum absolute atomic E-state index is 0.0138. The summed E-state index contributed by atoms with van der Waals surface area (Å²) < 4.78 is 38.4. The van der Waals surface area contributed by atoms with Gasteiger partial charge in [0.25, 0.3) is 15.9 Å². The molecule has 0 fully saturated rings. The van der Waals surface area contributed by atoms with Crippen molar-refractivity contribution in [1.29, 1.82) is 0 Å². The second-order valence-corrected chi connectivity index (χ2v) is 8.66. The molecule has 0 aliphatic heterocycles. The summed E-state index contributed by atoms with van der Waals surface area (Å²) in [6.45, 7) is 5.12. The predicted molar refractivity (Wildman–Crippen MR) is 113 cm³/mol. The fourth-order valence-corrected chi connectivity index (χ4v) is 3.70. The van der Waals surface area contributed by atoms with E-state index in [-0.39, 0.29) is 28.2 Å². The van der Waals surface area contributed by atoms with Crippen LogP contribution in [0.2, 0.25) is 0 Å². The summed E-state index contributed by atoms with van der Waals surface area (Å²) in [7, 11) is -1.10. The van der Waals surface area contributed by atoms with Crippen molar-refractivity contribution in [2.45, 2.75) is 31.7 Å². The number of methoxy groups -OCH3 is 1. The first kappa shape index (κ1) is 23.2. The number of carbonyl (C=O) groups is 2. The lowest BCUT2D eigenvalue weighted by molar-refractivity contribution is -0.134. The number of nitrogens with zero attached hydrogens (tertiary/aromatic N) is 1. The molecule has 0 saturated carbocycles. The third-order valence-corrected chi connectivity index (χ3v) is 5.89. The predicted octanol–water partition coefficient (Wildman–Crippen LogP) is 2.83. The zero-order valence-corrected chi connectivity index (χ0v) is 18.4. The number of likely N-dealkylation sites (N-methyl/N-ethyl adjacent to an activating group) is 1. The van der Waals surface area contributed by atoms with Gasteiger partial charge in [0.05, 0.1) is 12.7 Å². The van der Waals surface area contributed by atoms with Crippen molar-refractivity contribution in [2.75, 3.05) is 25.5 Å². The van der Waals surface area contributed by atoms with Crippen LogP contribution < -0.4 is 9.46 Å². The third kappa shape index (κ3) is 5.73. The second-order valence-electron chi connectivity index (χ2n) is 7.01. The van der Waals surface area contributed by atoms with Crippen molar-refractivity contribution in [3.8, 4) is 5.75 Å². The van der Waals surface area contributed by atoms with Gasteiger partial charge in [-0.15, -0.1) is 0 Å². The van der Waals surface area contributed by atoms with Gasteiger partial charge < -0.3 is 14.4 Å². The standard InChI is InChI=1S/C21H26N2O6S/c1-14(2)23(4)20(24)13-29-21(25)16-8-11-18(28-5)19(12-16)30(26,27)22-17-9-6-15(3)7-10-17/h6-12,14,22H,13H2,1-5H3. The molecule has 2 aromatic carbocycles. The number of esters is 1. The Labute approximate surface area is 176 Å². The highest BCUT2D eigenvalue weighted by Gasteiger charge is 2.23. The molecule has 162 valence electrons. The number of sulfonamides is 1. The maximum Gasteiger partial charge on any atom is 0.338 e. The molecule has 1 amide bonds. The van der Waals surface area contributed by atoms with Gasteiger partial charge in [0.1, 0.15) is 10.6 Å². The quantitative estimate of drug-likeness (QED) is 0.641. The molecular formula is C21H26N2O6S. The largest absolute Gasteiger partial charge is 0.495 e. The molecule has 0 spiro atoms. The first-order valence-electron chi connectivity index (χ1n) is 9.25. The van der Waals surface area contributed by atoms with Crippen molar-refractivity contribution in [3.63, 3.8) is 0 Å². The first-order chi connectivity index (χ1) is 14.0. The average molecular weight is 435 g/mol. The van der Waals surface area contributed by atoms with Crippen LogP contribution in [0.1, 0.15) is 29.8 Å². The summed E-state index contributed by atoms with van der Waals surface area (Å²) in [5.41, 5.74) is 1.34. The molecular weight excluding hydrogens is 408 g/mol. The highest BCUT2D eigenvalue weighted by Crippen LogP contribution is 2.27. The number of aryl methyl sites for hydroxylation is 1. The van der Waals surface area contributed by atoms with Crippen LogP contribution in [0.5, 0.6) is 5.75 Å². The Morgan fingerprint density at radius 1 is 1.10 bits per heavy atom. The summed E-state index contributed by atoms with van der Waals surface area (Å²) in [4.78, 5) is 25.6. The molecule has 0 atom stereocenters. The van der Waals surface area contributed by atoms with Gasteiger partial charge in [0, 0.05) is 18.8 Å². The molecule has 0 radical (unpaired) electrons. The molecule has 9 heteroatoms. The lowest BCUT2D eigenvalue weighted by Gasteiger charge is -2.21. The molecule has 0 saturated heterocycles. The van der Waals surface area contributed by atoms with Gasteiger partial charge in [0.15, 0.2) is 6.61 Å². The Balaban J connectivity index is 2.24. The van der Waals surface area contributed by atoms with Crippen LogP contribution in [0.15, 0.2) is 47.4 Å². The molecule has 0 aliphatic rings. The number of amides is 1. The van der Waals surface area contributed by atoms with Crippen molar-refractivity contribution < 1.29 is 27.5 Å². The molecule has 0 unspecified atom stereocenters. The van der Waals surface area contributed by atoms with Gasteiger partial charge in [0.2, 0.25) is 0 Å². The molecule has 0 heterocycles. The van der Waals surface area contributed by atoms with Gasteiger partial charge in [-0.25, -0.2) is 13.2 Å². The number of nitrogens with one attached hydrogen (secondary N) is 1. The highest BCUT2D eigenvalue weighted by atomic mass is 32.2.